The Hall–Kier alpha value is -3.85. The second-order valence-electron chi connectivity index (χ2n) is 8.55. The van der Waals surface area contributed by atoms with Gasteiger partial charge in [0, 0.05) is 10.6 Å². The van der Waals surface area contributed by atoms with Gasteiger partial charge in [-0.05, 0) is 48.9 Å². The molecule has 1 aromatic heterocycles. The molecule has 0 saturated carbocycles. The van der Waals surface area contributed by atoms with Crippen LogP contribution < -0.4 is 16.7 Å². The summed E-state index contributed by atoms with van der Waals surface area (Å²) in [6.45, 7) is -1.18. The number of carbonyl (C=O) groups is 2. The molecule has 210 valence electrons. The highest BCUT2D eigenvalue weighted by molar-refractivity contribution is 6.30. The molecule has 3 aromatic rings. The summed E-state index contributed by atoms with van der Waals surface area (Å²) in [5.74, 6) is -2.70. The molecule has 9 nitrogen and oxygen atoms in total. The molecule has 0 fully saturated rings. The highest BCUT2D eigenvalue weighted by atomic mass is 35.5. The van der Waals surface area contributed by atoms with Gasteiger partial charge in [-0.3, -0.25) is 14.2 Å². The highest BCUT2D eigenvalue weighted by Crippen LogP contribution is 2.32. The number of hydrogen-bond acceptors (Lipinski definition) is 5. The van der Waals surface area contributed by atoms with Crippen LogP contribution >= 0.6 is 11.6 Å². The van der Waals surface area contributed by atoms with Crippen molar-refractivity contribution in [3.8, 4) is 11.4 Å². The first-order valence-electron chi connectivity index (χ1n) is 10.9. The zero-order chi connectivity index (χ0) is 29.3. The lowest BCUT2D eigenvalue weighted by Crippen LogP contribution is -2.54. The highest BCUT2D eigenvalue weighted by Gasteiger charge is 2.40. The molecule has 0 radical (unpaired) electrons. The van der Waals surface area contributed by atoms with Crippen molar-refractivity contribution in [2.75, 3.05) is 0 Å². The number of nitrogens with one attached hydrogen (secondary N) is 1. The first-order chi connectivity index (χ1) is 17.9. The number of primary amides is 1. The van der Waals surface area contributed by atoms with Gasteiger partial charge in [-0.25, -0.2) is 9.48 Å². The summed E-state index contributed by atoms with van der Waals surface area (Å²) in [4.78, 5) is 38.0. The standard InChI is InChI=1S/C23H20ClF6N5O4/c1-21(19(31)38,13-3-2-4-14(9-13)22(25,26)27)32-17(37)11-35-20(39)34(10-16(36)23(28,29)30)18(33-35)12-5-7-15(24)8-6-12/h2-9,16,36H,10-11H2,1H3,(H2,31,38)(H,32,37)/t16-,21-/m0/s1. The molecule has 0 unspecified atom stereocenters. The molecule has 2 aromatic carbocycles. The topological polar surface area (TPSA) is 132 Å². The normalized spacial score (nSPS) is 14.5. The van der Waals surface area contributed by atoms with Crippen LogP contribution in [0.5, 0.6) is 0 Å². The second kappa shape index (κ2) is 10.7. The van der Waals surface area contributed by atoms with E-state index in [-0.39, 0.29) is 22.0 Å². The number of nitrogens with two attached hydrogens (primary N) is 1. The molecule has 0 spiro atoms. The van der Waals surface area contributed by atoms with Gasteiger partial charge in [-0.2, -0.15) is 26.3 Å². The molecular weight excluding hydrogens is 560 g/mol. The van der Waals surface area contributed by atoms with Gasteiger partial charge in [0.15, 0.2) is 11.9 Å². The number of rotatable bonds is 8. The number of benzene rings is 2. The SMILES string of the molecule is C[C@@](NC(=O)Cn1nc(-c2ccc(Cl)cc2)n(C[C@H](O)C(F)(F)F)c1=O)(C(N)=O)c1cccc(C(F)(F)F)c1. The molecule has 2 amide bonds. The summed E-state index contributed by atoms with van der Waals surface area (Å²) < 4.78 is 79.5. The fourth-order valence-electron chi connectivity index (χ4n) is 3.53. The third-order valence-corrected chi connectivity index (χ3v) is 5.95. The Morgan fingerprint density at radius 3 is 2.21 bits per heavy atom. The maximum Gasteiger partial charge on any atom is 0.416 e. The number of alkyl halides is 6. The van der Waals surface area contributed by atoms with E-state index < -0.39 is 60.2 Å². The minimum absolute atomic E-state index is 0.121. The maximum absolute atomic E-state index is 13.2. The van der Waals surface area contributed by atoms with Crippen molar-refractivity contribution in [2.24, 2.45) is 5.73 Å². The monoisotopic (exact) mass is 579 g/mol. The predicted molar refractivity (Wildman–Crippen MR) is 125 cm³/mol. The van der Waals surface area contributed by atoms with E-state index in [4.69, 9.17) is 17.3 Å². The molecule has 0 aliphatic rings. The lowest BCUT2D eigenvalue weighted by atomic mass is 9.89. The molecule has 1 heterocycles. The van der Waals surface area contributed by atoms with Crippen molar-refractivity contribution in [3.63, 3.8) is 0 Å². The summed E-state index contributed by atoms with van der Waals surface area (Å²) in [5, 5.41) is 15.9. The van der Waals surface area contributed by atoms with E-state index in [0.717, 1.165) is 25.1 Å². The van der Waals surface area contributed by atoms with Crippen molar-refractivity contribution in [1.82, 2.24) is 19.7 Å². The lowest BCUT2D eigenvalue weighted by molar-refractivity contribution is -0.207. The van der Waals surface area contributed by atoms with E-state index in [1.54, 1.807) is 0 Å². The zero-order valence-corrected chi connectivity index (χ0v) is 20.6. The third-order valence-electron chi connectivity index (χ3n) is 5.70. The van der Waals surface area contributed by atoms with Gasteiger partial charge in [-0.1, -0.05) is 23.7 Å². The summed E-state index contributed by atoms with van der Waals surface area (Å²) >= 11 is 5.82. The molecule has 4 N–H and O–H groups in total. The molecule has 3 rings (SSSR count). The average molecular weight is 580 g/mol. The summed E-state index contributed by atoms with van der Waals surface area (Å²) in [6.07, 6.45) is -12.8. The first-order valence-corrected chi connectivity index (χ1v) is 11.3. The fraction of sp³-hybridized carbons (Fsp3) is 0.304. The zero-order valence-electron chi connectivity index (χ0n) is 19.8. The number of carbonyl (C=O) groups excluding carboxylic acids is 2. The number of aliphatic hydroxyl groups is 1. The smallest absolute Gasteiger partial charge is 0.382 e. The first kappa shape index (κ1) is 29.7. The van der Waals surface area contributed by atoms with Crippen molar-refractivity contribution in [3.05, 3.63) is 75.2 Å². The summed E-state index contributed by atoms with van der Waals surface area (Å²) in [5.41, 5.74) is 0.672. The van der Waals surface area contributed by atoms with Gasteiger partial charge in [0.05, 0.1) is 12.1 Å². The van der Waals surface area contributed by atoms with Crippen molar-refractivity contribution in [1.29, 1.82) is 0 Å². The Labute approximate surface area is 220 Å². The molecule has 16 heteroatoms. The van der Waals surface area contributed by atoms with Crippen LogP contribution in [0.4, 0.5) is 26.3 Å². The number of hydrogen-bond donors (Lipinski definition) is 3. The molecular formula is C23H20ClF6N5O4. The molecule has 2 atom stereocenters. The largest absolute Gasteiger partial charge is 0.416 e. The van der Waals surface area contributed by atoms with E-state index in [9.17, 15) is 45.8 Å². The predicted octanol–water partition coefficient (Wildman–Crippen LogP) is 2.82. The van der Waals surface area contributed by atoms with E-state index in [1.165, 1.54) is 24.3 Å². The number of halogens is 7. The Morgan fingerprint density at radius 2 is 1.67 bits per heavy atom. The summed E-state index contributed by atoms with van der Waals surface area (Å²) in [6, 6.07) is 8.89. The number of amides is 2. The van der Waals surface area contributed by atoms with Gasteiger partial charge >= 0.3 is 18.0 Å². The Bertz CT molecular complexity index is 1430. The van der Waals surface area contributed by atoms with Crippen LogP contribution in [0.2, 0.25) is 5.02 Å². The van der Waals surface area contributed by atoms with Crippen LogP contribution in [0, 0.1) is 0 Å². The maximum atomic E-state index is 13.2. The molecule has 0 aliphatic carbocycles. The molecule has 39 heavy (non-hydrogen) atoms. The van der Waals surface area contributed by atoms with Gasteiger partial charge in [0.25, 0.3) is 0 Å². The van der Waals surface area contributed by atoms with Crippen LogP contribution in [-0.4, -0.2) is 43.5 Å². The Morgan fingerprint density at radius 1 is 1.08 bits per heavy atom. The minimum atomic E-state index is -5.08. The minimum Gasteiger partial charge on any atom is -0.382 e. The van der Waals surface area contributed by atoms with Crippen LogP contribution in [-0.2, 0) is 34.4 Å². The van der Waals surface area contributed by atoms with Gasteiger partial charge in [0.2, 0.25) is 11.8 Å². The van der Waals surface area contributed by atoms with Crippen LogP contribution in [0.15, 0.2) is 53.3 Å². The Balaban J connectivity index is 1.98. The van der Waals surface area contributed by atoms with Gasteiger partial charge in [-0.15, -0.1) is 5.10 Å². The van der Waals surface area contributed by atoms with Crippen LogP contribution in [0.1, 0.15) is 18.1 Å². The Kier molecular flexibility index (Phi) is 8.17. The quantitative estimate of drug-likeness (QED) is 0.353. The lowest BCUT2D eigenvalue weighted by Gasteiger charge is -2.28. The second-order valence-corrected chi connectivity index (χ2v) is 8.99. The van der Waals surface area contributed by atoms with Crippen molar-refractivity contribution in [2.45, 2.75) is 44.0 Å². The molecule has 0 saturated heterocycles. The average Bonchev–Trinajstić information content (AvgIpc) is 3.13. The van der Waals surface area contributed by atoms with E-state index in [1.807, 2.05) is 0 Å². The van der Waals surface area contributed by atoms with E-state index >= 15 is 0 Å². The van der Waals surface area contributed by atoms with Crippen LogP contribution in [0.3, 0.4) is 0 Å². The van der Waals surface area contributed by atoms with Gasteiger partial charge < -0.3 is 16.2 Å². The number of aromatic nitrogens is 3. The summed E-state index contributed by atoms with van der Waals surface area (Å²) in [7, 11) is 0. The molecule has 0 aliphatic heterocycles. The van der Waals surface area contributed by atoms with Crippen molar-refractivity contribution < 1.29 is 41.0 Å². The van der Waals surface area contributed by atoms with E-state index in [0.29, 0.717) is 15.3 Å². The number of aliphatic hydroxyl groups excluding tert-OH is 1. The molecule has 0 bridgehead atoms. The van der Waals surface area contributed by atoms with Gasteiger partial charge in [0.1, 0.15) is 12.1 Å². The third kappa shape index (κ3) is 6.60. The van der Waals surface area contributed by atoms with E-state index in [2.05, 4.69) is 10.4 Å². The van der Waals surface area contributed by atoms with Crippen molar-refractivity contribution >= 4 is 23.4 Å². The van der Waals surface area contributed by atoms with Crippen LogP contribution in [0.25, 0.3) is 11.4 Å². The fourth-order valence-corrected chi connectivity index (χ4v) is 3.66. The number of nitrogens with zero attached hydrogens (tertiary/aromatic N) is 3.